The van der Waals surface area contributed by atoms with Crippen molar-refractivity contribution in [3.63, 3.8) is 0 Å². The van der Waals surface area contributed by atoms with Gasteiger partial charge in [-0.05, 0) is 76.9 Å². The molecule has 3 heterocycles. The Hall–Kier alpha value is -5.48. The molecule has 0 aliphatic heterocycles. The Morgan fingerprint density at radius 2 is 1.30 bits per heavy atom. The SMILES string of the molecule is Cc1ccc(-c2nc3nc(-c4ccccc4)ccc3n2-c2c(C(C)C)cccc2C(C)C)c2oc3cc(-c4ccccc4)ccc3c12. The van der Waals surface area contributed by atoms with Crippen LogP contribution < -0.4 is 0 Å². The molecule has 8 rings (SSSR count). The molecular weight excluding hydrogens is 574 g/mol. The maximum absolute atomic E-state index is 6.84. The number of imidazole rings is 1. The first-order valence-corrected chi connectivity index (χ1v) is 16.5. The molecule has 0 unspecified atom stereocenters. The molecule has 4 nitrogen and oxygen atoms in total. The molecule has 8 aromatic rings. The fraction of sp³-hybridized carbons (Fsp3) is 0.163. The number of fused-ring (bicyclic) bond motifs is 4. The van der Waals surface area contributed by atoms with Gasteiger partial charge in [0.15, 0.2) is 11.5 Å². The van der Waals surface area contributed by atoms with Crippen molar-refractivity contribution in [2.45, 2.75) is 46.5 Å². The molecule has 4 heteroatoms. The summed E-state index contributed by atoms with van der Waals surface area (Å²) < 4.78 is 9.18. The first-order valence-electron chi connectivity index (χ1n) is 16.5. The molecule has 0 spiro atoms. The smallest absolute Gasteiger partial charge is 0.179 e. The van der Waals surface area contributed by atoms with E-state index in [2.05, 4.69) is 136 Å². The number of hydrogen-bond donors (Lipinski definition) is 0. The Morgan fingerprint density at radius 3 is 1.98 bits per heavy atom. The van der Waals surface area contributed by atoms with E-state index in [9.17, 15) is 0 Å². The van der Waals surface area contributed by atoms with Crippen LogP contribution in [0.2, 0.25) is 0 Å². The third kappa shape index (κ3) is 4.83. The monoisotopic (exact) mass is 611 g/mol. The molecule has 0 radical (unpaired) electrons. The summed E-state index contributed by atoms with van der Waals surface area (Å²) in [5.41, 5.74) is 13.6. The van der Waals surface area contributed by atoms with Gasteiger partial charge in [-0.1, -0.05) is 119 Å². The van der Waals surface area contributed by atoms with E-state index >= 15 is 0 Å². The second-order valence-electron chi connectivity index (χ2n) is 13.1. The van der Waals surface area contributed by atoms with Crippen molar-refractivity contribution in [2.75, 3.05) is 0 Å². The van der Waals surface area contributed by atoms with Crippen LogP contribution in [-0.4, -0.2) is 14.5 Å². The molecule has 0 saturated heterocycles. The van der Waals surface area contributed by atoms with E-state index in [1.54, 1.807) is 0 Å². The number of aromatic nitrogens is 3. The van der Waals surface area contributed by atoms with Crippen LogP contribution in [0.3, 0.4) is 0 Å². The highest BCUT2D eigenvalue weighted by Gasteiger charge is 2.25. The highest BCUT2D eigenvalue weighted by atomic mass is 16.3. The first-order chi connectivity index (χ1) is 22.9. The second-order valence-corrected chi connectivity index (χ2v) is 13.1. The molecule has 0 amide bonds. The van der Waals surface area contributed by atoms with Gasteiger partial charge in [0.1, 0.15) is 11.2 Å². The van der Waals surface area contributed by atoms with Gasteiger partial charge >= 0.3 is 0 Å². The topological polar surface area (TPSA) is 43.9 Å². The highest BCUT2D eigenvalue weighted by Crippen LogP contribution is 2.42. The Morgan fingerprint density at radius 1 is 0.617 bits per heavy atom. The summed E-state index contributed by atoms with van der Waals surface area (Å²) in [6.45, 7) is 11.2. The van der Waals surface area contributed by atoms with Crippen LogP contribution in [0.1, 0.15) is 56.2 Å². The van der Waals surface area contributed by atoms with E-state index in [0.717, 1.165) is 55.7 Å². The number of pyridine rings is 1. The summed E-state index contributed by atoms with van der Waals surface area (Å²) in [5.74, 6) is 1.46. The summed E-state index contributed by atoms with van der Waals surface area (Å²) in [6, 6.07) is 42.7. The predicted octanol–water partition coefficient (Wildman–Crippen LogP) is 11.9. The van der Waals surface area contributed by atoms with E-state index < -0.39 is 0 Å². The summed E-state index contributed by atoms with van der Waals surface area (Å²) in [5, 5.41) is 2.23. The number of para-hydroxylation sites is 1. The molecular formula is C43H37N3O. The van der Waals surface area contributed by atoms with Crippen LogP contribution >= 0.6 is 0 Å². The Kier molecular flexibility index (Phi) is 7.02. The minimum absolute atomic E-state index is 0.311. The van der Waals surface area contributed by atoms with Crippen molar-refractivity contribution < 1.29 is 4.42 Å². The lowest BCUT2D eigenvalue weighted by Gasteiger charge is -2.22. The summed E-state index contributed by atoms with van der Waals surface area (Å²) in [6.07, 6.45) is 0. The molecule has 3 aromatic heterocycles. The number of benzene rings is 5. The minimum atomic E-state index is 0.311. The van der Waals surface area contributed by atoms with Crippen LogP contribution in [0.4, 0.5) is 0 Å². The van der Waals surface area contributed by atoms with Gasteiger partial charge < -0.3 is 4.42 Å². The van der Waals surface area contributed by atoms with Gasteiger partial charge in [0.25, 0.3) is 0 Å². The van der Waals surface area contributed by atoms with Crippen molar-refractivity contribution in [3.8, 4) is 39.5 Å². The zero-order valence-corrected chi connectivity index (χ0v) is 27.5. The molecule has 0 atom stereocenters. The lowest BCUT2D eigenvalue weighted by atomic mass is 9.92. The van der Waals surface area contributed by atoms with Gasteiger partial charge in [-0.15, -0.1) is 0 Å². The summed E-state index contributed by atoms with van der Waals surface area (Å²) in [7, 11) is 0. The normalized spacial score (nSPS) is 11.9. The minimum Gasteiger partial charge on any atom is -0.455 e. The van der Waals surface area contributed by atoms with Crippen LogP contribution in [0.5, 0.6) is 0 Å². The maximum atomic E-state index is 6.84. The molecule has 47 heavy (non-hydrogen) atoms. The molecule has 0 aliphatic carbocycles. The molecule has 0 saturated carbocycles. The second kappa shape index (κ2) is 11.4. The zero-order chi connectivity index (χ0) is 32.2. The van der Waals surface area contributed by atoms with Crippen molar-refractivity contribution in [2.24, 2.45) is 0 Å². The molecule has 0 aliphatic rings. The van der Waals surface area contributed by atoms with Crippen molar-refractivity contribution in [1.82, 2.24) is 14.5 Å². The molecule has 5 aromatic carbocycles. The molecule has 0 bridgehead atoms. The van der Waals surface area contributed by atoms with Gasteiger partial charge in [0.05, 0.1) is 22.5 Å². The Balaban J connectivity index is 1.45. The third-order valence-corrected chi connectivity index (χ3v) is 9.33. The van der Waals surface area contributed by atoms with Gasteiger partial charge in [-0.3, -0.25) is 4.57 Å². The van der Waals surface area contributed by atoms with Gasteiger partial charge in [-0.25, -0.2) is 9.97 Å². The van der Waals surface area contributed by atoms with Gasteiger partial charge in [-0.2, -0.15) is 0 Å². The average molecular weight is 612 g/mol. The fourth-order valence-corrected chi connectivity index (χ4v) is 6.94. The Bertz CT molecular complexity index is 2390. The van der Waals surface area contributed by atoms with Crippen molar-refractivity contribution in [1.29, 1.82) is 0 Å². The van der Waals surface area contributed by atoms with Crippen LogP contribution in [-0.2, 0) is 0 Å². The maximum Gasteiger partial charge on any atom is 0.179 e. The van der Waals surface area contributed by atoms with E-state index in [1.807, 2.05) is 24.3 Å². The van der Waals surface area contributed by atoms with E-state index in [0.29, 0.717) is 17.5 Å². The molecule has 0 N–H and O–H groups in total. The average Bonchev–Trinajstić information content (AvgIpc) is 3.67. The van der Waals surface area contributed by atoms with Crippen LogP contribution in [0.15, 0.2) is 126 Å². The standard InChI is InChI=1S/C43H37N3O/c1-26(2)32-17-12-18-33(27(3)4)40(32)46-37-24-23-36(30-15-10-7-11-16-30)44-42(37)45-43(46)35-21-19-28(5)39-34-22-20-31(25-38(34)47-41(35)39)29-13-8-6-9-14-29/h6-27H,1-5H3. The van der Waals surface area contributed by atoms with Gasteiger partial charge in [0.2, 0.25) is 0 Å². The van der Waals surface area contributed by atoms with E-state index in [-0.39, 0.29) is 0 Å². The molecule has 230 valence electrons. The quantitative estimate of drug-likeness (QED) is 0.188. The highest BCUT2D eigenvalue weighted by molar-refractivity contribution is 6.12. The fourth-order valence-electron chi connectivity index (χ4n) is 6.94. The summed E-state index contributed by atoms with van der Waals surface area (Å²) >= 11 is 0. The Labute approximate surface area is 275 Å². The lowest BCUT2D eigenvalue weighted by molar-refractivity contribution is 0.669. The van der Waals surface area contributed by atoms with E-state index in [4.69, 9.17) is 14.4 Å². The van der Waals surface area contributed by atoms with Crippen LogP contribution in [0.25, 0.3) is 72.6 Å². The number of rotatable bonds is 6. The first kappa shape index (κ1) is 29.0. The van der Waals surface area contributed by atoms with Crippen LogP contribution in [0, 0.1) is 6.92 Å². The number of nitrogens with zero attached hydrogens (tertiary/aromatic N) is 3. The largest absolute Gasteiger partial charge is 0.455 e. The number of furan rings is 1. The summed E-state index contributed by atoms with van der Waals surface area (Å²) in [4.78, 5) is 10.5. The number of hydrogen-bond acceptors (Lipinski definition) is 3. The third-order valence-electron chi connectivity index (χ3n) is 9.33. The lowest BCUT2D eigenvalue weighted by Crippen LogP contribution is -2.08. The molecule has 0 fully saturated rings. The van der Waals surface area contributed by atoms with Gasteiger partial charge in [0, 0.05) is 16.3 Å². The zero-order valence-electron chi connectivity index (χ0n) is 27.5. The van der Waals surface area contributed by atoms with Crippen molar-refractivity contribution in [3.05, 3.63) is 138 Å². The van der Waals surface area contributed by atoms with E-state index in [1.165, 1.54) is 27.9 Å². The van der Waals surface area contributed by atoms with Crippen molar-refractivity contribution >= 4 is 33.1 Å². The number of aryl methyl sites for hydroxylation is 1. The predicted molar refractivity (Wildman–Crippen MR) is 195 cm³/mol.